The minimum absolute atomic E-state index is 0.138. The molecule has 2 atom stereocenters. The van der Waals surface area contributed by atoms with Crippen molar-refractivity contribution < 1.29 is 9.59 Å². The lowest BCUT2D eigenvalue weighted by molar-refractivity contribution is -0.161. The monoisotopic (exact) mass is 276 g/mol. The molecule has 2 unspecified atom stereocenters. The SMILES string of the molecule is C#CCCCCN1C(=O)C2CCCN2C(=O)C1C(C)C. The Bertz CT molecular complexity index is 425. The number of amides is 2. The zero-order valence-electron chi connectivity index (χ0n) is 12.5. The van der Waals surface area contributed by atoms with Crippen LogP contribution in [0.2, 0.25) is 0 Å². The highest BCUT2D eigenvalue weighted by molar-refractivity contribution is 5.97. The van der Waals surface area contributed by atoms with Crippen LogP contribution in [0.1, 0.15) is 46.0 Å². The molecule has 2 aliphatic heterocycles. The lowest BCUT2D eigenvalue weighted by Crippen LogP contribution is -2.64. The van der Waals surface area contributed by atoms with Gasteiger partial charge in [-0.3, -0.25) is 9.59 Å². The number of hydrogen-bond acceptors (Lipinski definition) is 2. The third-order valence-corrected chi connectivity index (χ3v) is 4.29. The molecule has 0 N–H and O–H groups in total. The van der Waals surface area contributed by atoms with E-state index in [-0.39, 0.29) is 29.8 Å². The molecule has 2 amide bonds. The maximum Gasteiger partial charge on any atom is 0.246 e. The van der Waals surface area contributed by atoms with Crippen LogP contribution in [0.4, 0.5) is 0 Å². The number of terminal acetylenes is 1. The highest BCUT2D eigenvalue weighted by Gasteiger charge is 2.48. The highest BCUT2D eigenvalue weighted by Crippen LogP contribution is 2.29. The molecular formula is C16H24N2O2. The number of piperazine rings is 1. The summed E-state index contributed by atoms with van der Waals surface area (Å²) >= 11 is 0. The van der Waals surface area contributed by atoms with Crippen molar-refractivity contribution in [2.45, 2.75) is 58.0 Å². The van der Waals surface area contributed by atoms with Gasteiger partial charge < -0.3 is 9.80 Å². The standard InChI is InChI=1S/C16H24N2O2/c1-4-5-6-7-10-18-14(12(2)3)16(20)17-11-8-9-13(17)15(18)19/h1,12-14H,5-11H2,2-3H3. The number of nitrogens with zero attached hydrogens (tertiary/aromatic N) is 2. The first kappa shape index (κ1) is 14.9. The minimum atomic E-state index is -0.289. The summed E-state index contributed by atoms with van der Waals surface area (Å²) in [4.78, 5) is 28.8. The van der Waals surface area contributed by atoms with E-state index in [4.69, 9.17) is 6.42 Å². The number of carbonyl (C=O) groups is 2. The quantitative estimate of drug-likeness (QED) is 0.566. The maximum absolute atomic E-state index is 12.6. The van der Waals surface area contributed by atoms with E-state index >= 15 is 0 Å². The number of hydrogen-bond donors (Lipinski definition) is 0. The van der Waals surface area contributed by atoms with Gasteiger partial charge in [0.25, 0.3) is 0 Å². The fourth-order valence-corrected chi connectivity index (χ4v) is 3.32. The summed E-state index contributed by atoms with van der Waals surface area (Å²) in [6, 6.07) is -0.493. The van der Waals surface area contributed by atoms with Gasteiger partial charge in [0.15, 0.2) is 0 Å². The van der Waals surface area contributed by atoms with Gasteiger partial charge in [0.1, 0.15) is 12.1 Å². The van der Waals surface area contributed by atoms with Crippen LogP contribution >= 0.6 is 0 Å². The summed E-state index contributed by atoms with van der Waals surface area (Å²) in [6.07, 6.45) is 9.53. The molecule has 2 aliphatic rings. The first-order chi connectivity index (χ1) is 9.57. The third-order valence-electron chi connectivity index (χ3n) is 4.29. The van der Waals surface area contributed by atoms with E-state index in [0.29, 0.717) is 6.54 Å². The van der Waals surface area contributed by atoms with E-state index in [1.807, 2.05) is 18.7 Å². The smallest absolute Gasteiger partial charge is 0.246 e. The van der Waals surface area contributed by atoms with E-state index in [0.717, 1.165) is 38.6 Å². The summed E-state index contributed by atoms with van der Waals surface area (Å²) in [7, 11) is 0. The second kappa shape index (κ2) is 6.30. The summed E-state index contributed by atoms with van der Waals surface area (Å²) in [5.41, 5.74) is 0. The normalized spacial score (nSPS) is 26.1. The van der Waals surface area contributed by atoms with Crippen molar-refractivity contribution in [1.82, 2.24) is 9.80 Å². The van der Waals surface area contributed by atoms with E-state index in [1.54, 1.807) is 4.90 Å². The van der Waals surface area contributed by atoms with Gasteiger partial charge in [-0.1, -0.05) is 13.8 Å². The molecule has 2 saturated heterocycles. The fourth-order valence-electron chi connectivity index (χ4n) is 3.32. The molecule has 4 heteroatoms. The molecule has 2 heterocycles. The largest absolute Gasteiger partial charge is 0.329 e. The molecule has 2 fully saturated rings. The van der Waals surface area contributed by atoms with Crippen LogP contribution in [-0.4, -0.2) is 46.8 Å². The van der Waals surface area contributed by atoms with Crippen LogP contribution < -0.4 is 0 Å². The highest BCUT2D eigenvalue weighted by atomic mass is 16.2. The van der Waals surface area contributed by atoms with Gasteiger partial charge in [0.05, 0.1) is 0 Å². The average molecular weight is 276 g/mol. The summed E-state index contributed by atoms with van der Waals surface area (Å²) in [6.45, 7) is 5.42. The fraction of sp³-hybridized carbons (Fsp3) is 0.750. The first-order valence-corrected chi connectivity index (χ1v) is 7.62. The third kappa shape index (κ3) is 2.67. The Morgan fingerprint density at radius 1 is 1.30 bits per heavy atom. The zero-order chi connectivity index (χ0) is 14.7. The summed E-state index contributed by atoms with van der Waals surface area (Å²) in [5, 5.41) is 0. The van der Waals surface area contributed by atoms with E-state index in [2.05, 4.69) is 5.92 Å². The Morgan fingerprint density at radius 2 is 2.05 bits per heavy atom. The molecule has 20 heavy (non-hydrogen) atoms. The predicted octanol–water partition coefficient (Wildman–Crippen LogP) is 1.65. The zero-order valence-corrected chi connectivity index (χ0v) is 12.5. The molecule has 0 bridgehead atoms. The minimum Gasteiger partial charge on any atom is -0.329 e. The van der Waals surface area contributed by atoms with E-state index in [9.17, 15) is 9.59 Å². The lowest BCUT2D eigenvalue weighted by Gasteiger charge is -2.44. The Kier molecular flexibility index (Phi) is 4.69. The van der Waals surface area contributed by atoms with Gasteiger partial charge in [0, 0.05) is 19.5 Å². The Morgan fingerprint density at radius 3 is 2.70 bits per heavy atom. The van der Waals surface area contributed by atoms with Crippen molar-refractivity contribution in [3.05, 3.63) is 0 Å². The van der Waals surface area contributed by atoms with Crippen LogP contribution in [0.15, 0.2) is 0 Å². The van der Waals surface area contributed by atoms with Crippen molar-refractivity contribution >= 4 is 11.8 Å². The molecule has 0 saturated carbocycles. The van der Waals surface area contributed by atoms with Gasteiger partial charge in [-0.2, -0.15) is 0 Å². The number of fused-ring (bicyclic) bond motifs is 1. The van der Waals surface area contributed by atoms with Crippen molar-refractivity contribution in [2.75, 3.05) is 13.1 Å². The number of rotatable bonds is 5. The molecular weight excluding hydrogens is 252 g/mol. The predicted molar refractivity (Wildman–Crippen MR) is 77.8 cm³/mol. The molecule has 110 valence electrons. The van der Waals surface area contributed by atoms with Gasteiger partial charge in [0.2, 0.25) is 11.8 Å². The van der Waals surface area contributed by atoms with Gasteiger partial charge in [-0.15, -0.1) is 12.3 Å². The van der Waals surface area contributed by atoms with Gasteiger partial charge in [-0.25, -0.2) is 0 Å². The lowest BCUT2D eigenvalue weighted by atomic mass is 9.95. The Labute approximate surface area is 121 Å². The van der Waals surface area contributed by atoms with Gasteiger partial charge in [-0.05, 0) is 31.6 Å². The average Bonchev–Trinajstić information content (AvgIpc) is 2.89. The van der Waals surface area contributed by atoms with Crippen molar-refractivity contribution in [1.29, 1.82) is 0 Å². The second-order valence-electron chi connectivity index (χ2n) is 6.07. The molecule has 2 rings (SSSR count). The van der Waals surface area contributed by atoms with E-state index < -0.39 is 0 Å². The van der Waals surface area contributed by atoms with E-state index in [1.165, 1.54) is 0 Å². The number of carbonyl (C=O) groups excluding carboxylic acids is 2. The van der Waals surface area contributed by atoms with Crippen molar-refractivity contribution in [2.24, 2.45) is 5.92 Å². The topological polar surface area (TPSA) is 40.6 Å². The van der Waals surface area contributed by atoms with Crippen LogP contribution in [0.5, 0.6) is 0 Å². The van der Waals surface area contributed by atoms with Gasteiger partial charge >= 0.3 is 0 Å². The molecule has 0 spiro atoms. The Balaban J connectivity index is 2.11. The molecule has 0 aromatic heterocycles. The second-order valence-corrected chi connectivity index (χ2v) is 6.07. The molecule has 4 nitrogen and oxygen atoms in total. The molecule has 0 aliphatic carbocycles. The molecule has 0 radical (unpaired) electrons. The molecule has 0 aromatic carbocycles. The first-order valence-electron chi connectivity index (χ1n) is 7.62. The van der Waals surface area contributed by atoms with Crippen molar-refractivity contribution in [3.63, 3.8) is 0 Å². The van der Waals surface area contributed by atoms with Crippen LogP contribution in [0.25, 0.3) is 0 Å². The van der Waals surface area contributed by atoms with Crippen molar-refractivity contribution in [3.8, 4) is 12.3 Å². The van der Waals surface area contributed by atoms with Crippen LogP contribution in [-0.2, 0) is 9.59 Å². The Hall–Kier alpha value is -1.50. The summed E-state index contributed by atoms with van der Waals surface area (Å²) < 4.78 is 0. The maximum atomic E-state index is 12.6. The summed E-state index contributed by atoms with van der Waals surface area (Å²) in [5.74, 6) is 3.05. The van der Waals surface area contributed by atoms with Crippen LogP contribution in [0, 0.1) is 18.3 Å². The van der Waals surface area contributed by atoms with Crippen LogP contribution in [0.3, 0.4) is 0 Å². The number of unbranched alkanes of at least 4 members (excludes halogenated alkanes) is 2. The molecule has 0 aromatic rings.